The number of hydrogen-bond donors (Lipinski definition) is 0. The first-order valence-corrected chi connectivity index (χ1v) is 4.97. The van der Waals surface area contributed by atoms with Crippen LogP contribution in [-0.4, -0.2) is 28.4 Å². The monoisotopic (exact) mass is 207 g/mol. The molecule has 0 bridgehead atoms. The van der Waals surface area contributed by atoms with E-state index in [4.69, 9.17) is 0 Å². The highest BCUT2D eigenvalue weighted by Crippen LogP contribution is 2.10. The van der Waals surface area contributed by atoms with Crippen molar-refractivity contribution in [3.05, 3.63) is 22.7 Å². The molecule has 1 aromatic rings. The fourth-order valence-corrected chi connectivity index (χ4v) is 1.72. The highest BCUT2D eigenvalue weighted by molar-refractivity contribution is 5.84. The topological polar surface area (TPSA) is 55.2 Å². The predicted molar refractivity (Wildman–Crippen MR) is 55.9 cm³/mol. The number of nitrogens with zero attached hydrogens (tertiary/aromatic N) is 3. The second kappa shape index (κ2) is 3.84. The van der Waals surface area contributed by atoms with Crippen LogP contribution in [-0.2, 0) is 11.8 Å². The van der Waals surface area contributed by atoms with Crippen molar-refractivity contribution >= 4 is 11.6 Å². The lowest BCUT2D eigenvalue weighted by Crippen LogP contribution is -2.40. The van der Waals surface area contributed by atoms with E-state index in [9.17, 15) is 9.59 Å². The molecule has 5 heteroatoms. The minimum Gasteiger partial charge on any atom is -0.345 e. The number of carbonyl (C=O) groups is 1. The molecule has 1 aromatic heterocycles. The van der Waals surface area contributed by atoms with Crippen LogP contribution in [0.3, 0.4) is 0 Å². The summed E-state index contributed by atoms with van der Waals surface area (Å²) in [4.78, 5) is 28.8. The first-order valence-electron chi connectivity index (χ1n) is 4.97. The SMILES string of the molecule is Cn1ccnc(N2CCCC(=O)C2)c1=O. The molecule has 1 fully saturated rings. The lowest BCUT2D eigenvalue weighted by atomic mass is 10.1. The fraction of sp³-hybridized carbons (Fsp3) is 0.500. The standard InChI is InChI=1S/C10H13N3O2/c1-12-6-4-11-9(10(12)15)13-5-2-3-8(14)7-13/h4,6H,2-3,5,7H2,1H3. The fourth-order valence-electron chi connectivity index (χ4n) is 1.72. The second-order valence-corrected chi connectivity index (χ2v) is 3.73. The zero-order valence-electron chi connectivity index (χ0n) is 8.64. The highest BCUT2D eigenvalue weighted by Gasteiger charge is 2.20. The number of carbonyl (C=O) groups excluding carboxylic acids is 1. The Morgan fingerprint density at radius 2 is 2.20 bits per heavy atom. The summed E-state index contributed by atoms with van der Waals surface area (Å²) >= 11 is 0. The van der Waals surface area contributed by atoms with Gasteiger partial charge >= 0.3 is 0 Å². The van der Waals surface area contributed by atoms with Gasteiger partial charge in [0.05, 0.1) is 6.54 Å². The van der Waals surface area contributed by atoms with Crippen LogP contribution in [0.15, 0.2) is 17.2 Å². The molecule has 0 saturated carbocycles. The number of aryl methyl sites for hydroxylation is 1. The summed E-state index contributed by atoms with van der Waals surface area (Å²) in [5.74, 6) is 0.557. The van der Waals surface area contributed by atoms with Crippen LogP contribution in [0, 0.1) is 0 Å². The maximum absolute atomic E-state index is 11.7. The smallest absolute Gasteiger partial charge is 0.293 e. The quantitative estimate of drug-likeness (QED) is 0.648. The van der Waals surface area contributed by atoms with Gasteiger partial charge in [-0.3, -0.25) is 9.59 Å². The van der Waals surface area contributed by atoms with Gasteiger partial charge in [0.1, 0.15) is 0 Å². The molecule has 2 rings (SSSR count). The van der Waals surface area contributed by atoms with E-state index >= 15 is 0 Å². The van der Waals surface area contributed by atoms with Gasteiger partial charge in [0.15, 0.2) is 11.6 Å². The van der Waals surface area contributed by atoms with E-state index in [0.29, 0.717) is 18.8 Å². The Bertz CT molecular complexity index is 439. The Kier molecular flexibility index (Phi) is 2.53. The molecule has 80 valence electrons. The molecule has 0 atom stereocenters. The molecule has 0 spiro atoms. The molecule has 0 radical (unpaired) electrons. The Morgan fingerprint density at radius 3 is 2.93 bits per heavy atom. The highest BCUT2D eigenvalue weighted by atomic mass is 16.1. The zero-order chi connectivity index (χ0) is 10.8. The van der Waals surface area contributed by atoms with Crippen LogP contribution < -0.4 is 10.5 Å². The number of rotatable bonds is 1. The number of ketones is 1. The number of anilines is 1. The molecule has 15 heavy (non-hydrogen) atoms. The first kappa shape index (κ1) is 9.89. The van der Waals surface area contributed by atoms with E-state index in [1.54, 1.807) is 24.3 Å². The summed E-state index contributed by atoms with van der Waals surface area (Å²) in [6, 6.07) is 0. The first-order chi connectivity index (χ1) is 7.18. The summed E-state index contributed by atoms with van der Waals surface area (Å²) in [5.41, 5.74) is -0.146. The summed E-state index contributed by atoms with van der Waals surface area (Å²) < 4.78 is 1.47. The molecular weight excluding hydrogens is 194 g/mol. The van der Waals surface area contributed by atoms with Crippen molar-refractivity contribution in [2.75, 3.05) is 18.0 Å². The number of piperidine rings is 1. The van der Waals surface area contributed by atoms with Gasteiger partial charge < -0.3 is 9.47 Å². The summed E-state index contributed by atoms with van der Waals surface area (Å²) in [6.45, 7) is 1.05. The Balaban J connectivity index is 2.33. The predicted octanol–water partition coefficient (Wildman–Crippen LogP) is -0.0504. The average molecular weight is 207 g/mol. The number of hydrogen-bond acceptors (Lipinski definition) is 4. The zero-order valence-corrected chi connectivity index (χ0v) is 8.64. The Hall–Kier alpha value is -1.65. The van der Waals surface area contributed by atoms with Crippen LogP contribution >= 0.6 is 0 Å². The van der Waals surface area contributed by atoms with E-state index in [2.05, 4.69) is 4.98 Å². The third kappa shape index (κ3) is 1.91. The lowest BCUT2D eigenvalue weighted by molar-refractivity contribution is -0.118. The third-order valence-electron chi connectivity index (χ3n) is 2.55. The van der Waals surface area contributed by atoms with E-state index in [-0.39, 0.29) is 11.3 Å². The molecule has 0 aliphatic carbocycles. The molecule has 0 aromatic carbocycles. The van der Waals surface area contributed by atoms with Crippen LogP contribution in [0.4, 0.5) is 5.82 Å². The molecule has 0 amide bonds. The van der Waals surface area contributed by atoms with Gasteiger partial charge in [0.2, 0.25) is 0 Å². The maximum atomic E-state index is 11.7. The van der Waals surface area contributed by atoms with Crippen molar-refractivity contribution in [1.82, 2.24) is 9.55 Å². The minimum absolute atomic E-state index is 0.146. The molecular formula is C10H13N3O2. The molecule has 1 aliphatic heterocycles. The van der Waals surface area contributed by atoms with E-state index in [1.165, 1.54) is 4.57 Å². The van der Waals surface area contributed by atoms with Crippen LogP contribution in [0.25, 0.3) is 0 Å². The third-order valence-corrected chi connectivity index (χ3v) is 2.55. The second-order valence-electron chi connectivity index (χ2n) is 3.73. The van der Waals surface area contributed by atoms with Gasteiger partial charge in [-0.1, -0.05) is 0 Å². The summed E-state index contributed by atoms with van der Waals surface area (Å²) in [7, 11) is 1.68. The van der Waals surface area contributed by atoms with Crippen molar-refractivity contribution in [1.29, 1.82) is 0 Å². The summed E-state index contributed by atoms with van der Waals surface area (Å²) in [6.07, 6.45) is 4.61. The minimum atomic E-state index is -0.146. The summed E-state index contributed by atoms with van der Waals surface area (Å²) in [5, 5.41) is 0. The van der Waals surface area contributed by atoms with Gasteiger partial charge in [-0.25, -0.2) is 4.98 Å². The normalized spacial score (nSPS) is 16.9. The Morgan fingerprint density at radius 1 is 1.40 bits per heavy atom. The van der Waals surface area contributed by atoms with Crippen molar-refractivity contribution < 1.29 is 4.79 Å². The molecule has 1 saturated heterocycles. The van der Waals surface area contributed by atoms with Crippen molar-refractivity contribution in [2.45, 2.75) is 12.8 Å². The van der Waals surface area contributed by atoms with E-state index in [1.807, 2.05) is 0 Å². The van der Waals surface area contributed by atoms with Crippen LogP contribution in [0.2, 0.25) is 0 Å². The van der Waals surface area contributed by atoms with Gasteiger partial charge in [-0.2, -0.15) is 0 Å². The van der Waals surface area contributed by atoms with E-state index < -0.39 is 0 Å². The molecule has 1 aliphatic rings. The van der Waals surface area contributed by atoms with Crippen LogP contribution in [0.5, 0.6) is 0 Å². The molecule has 2 heterocycles. The maximum Gasteiger partial charge on any atom is 0.293 e. The van der Waals surface area contributed by atoms with Crippen molar-refractivity contribution in [3.8, 4) is 0 Å². The molecule has 5 nitrogen and oxygen atoms in total. The molecule has 0 unspecified atom stereocenters. The van der Waals surface area contributed by atoms with Gasteiger partial charge in [0.25, 0.3) is 5.56 Å². The van der Waals surface area contributed by atoms with Crippen molar-refractivity contribution in [2.24, 2.45) is 7.05 Å². The lowest BCUT2D eigenvalue weighted by Gasteiger charge is -2.26. The van der Waals surface area contributed by atoms with E-state index in [0.717, 1.165) is 13.0 Å². The van der Waals surface area contributed by atoms with Crippen molar-refractivity contribution in [3.63, 3.8) is 0 Å². The largest absolute Gasteiger partial charge is 0.345 e. The number of Topliss-reactive ketones (excluding diaryl/α,β-unsaturated/α-hetero) is 1. The van der Waals surface area contributed by atoms with Gasteiger partial charge in [-0.15, -0.1) is 0 Å². The van der Waals surface area contributed by atoms with Gasteiger partial charge in [0, 0.05) is 32.4 Å². The van der Waals surface area contributed by atoms with Crippen LogP contribution in [0.1, 0.15) is 12.8 Å². The Labute approximate surface area is 87.3 Å². The average Bonchev–Trinajstić information content (AvgIpc) is 2.22. The molecule has 0 N–H and O–H groups in total. The van der Waals surface area contributed by atoms with Gasteiger partial charge in [-0.05, 0) is 6.42 Å². The number of aromatic nitrogens is 2.